The molecule has 7 nitrogen and oxygen atoms in total. The summed E-state index contributed by atoms with van der Waals surface area (Å²) in [5.74, 6) is 0.409. The van der Waals surface area contributed by atoms with Crippen LogP contribution in [0.1, 0.15) is 5.56 Å². The molecular weight excluding hydrogens is 440 g/mol. The zero-order valence-electron chi connectivity index (χ0n) is 16.9. The Bertz CT molecular complexity index is 1200. The highest BCUT2D eigenvalue weighted by Gasteiger charge is 2.20. The van der Waals surface area contributed by atoms with Crippen molar-refractivity contribution < 1.29 is 22.7 Å². The van der Waals surface area contributed by atoms with Gasteiger partial charge in [-0.25, -0.2) is 8.42 Å². The molecule has 3 aromatic carbocycles. The van der Waals surface area contributed by atoms with Crippen molar-refractivity contribution in [3.63, 3.8) is 0 Å². The van der Waals surface area contributed by atoms with Gasteiger partial charge in [-0.05, 0) is 55.0 Å². The largest absolute Gasteiger partial charge is 0.495 e. The number of hydrogen-bond acceptors (Lipinski definition) is 5. The number of carbonyl (C=O) groups is 1. The third-order valence-corrected chi connectivity index (χ3v) is 6.02. The SMILES string of the molecule is COc1ccccc1NS(=O)(=O)c1cc(NC(=O)COc2cccc(Cl)c2)ccc1C. The van der Waals surface area contributed by atoms with Crippen LogP contribution in [0.25, 0.3) is 0 Å². The summed E-state index contributed by atoms with van der Waals surface area (Å²) in [4.78, 5) is 12.3. The van der Waals surface area contributed by atoms with Gasteiger partial charge in [-0.3, -0.25) is 9.52 Å². The Morgan fingerprint density at radius 3 is 2.55 bits per heavy atom. The van der Waals surface area contributed by atoms with Crippen LogP contribution in [0.3, 0.4) is 0 Å². The molecule has 0 aromatic heterocycles. The standard InChI is InChI=1S/C22H21ClN2O5S/c1-15-10-11-17(24-22(26)14-30-18-7-5-6-16(23)12-18)13-21(15)31(27,28)25-19-8-3-4-9-20(19)29-2/h3-13,25H,14H2,1-2H3,(H,24,26). The predicted molar refractivity (Wildman–Crippen MR) is 121 cm³/mol. The third kappa shape index (κ3) is 5.90. The molecule has 0 saturated heterocycles. The van der Waals surface area contributed by atoms with Crippen LogP contribution < -0.4 is 19.5 Å². The number of hydrogen-bond donors (Lipinski definition) is 2. The molecule has 0 fully saturated rings. The Morgan fingerprint density at radius 2 is 1.81 bits per heavy atom. The van der Waals surface area contributed by atoms with E-state index in [2.05, 4.69) is 10.0 Å². The van der Waals surface area contributed by atoms with Crippen LogP contribution in [-0.4, -0.2) is 28.0 Å². The molecule has 0 unspecified atom stereocenters. The molecule has 9 heteroatoms. The second-order valence-corrected chi connectivity index (χ2v) is 8.67. The van der Waals surface area contributed by atoms with Crippen molar-refractivity contribution in [3.8, 4) is 11.5 Å². The normalized spacial score (nSPS) is 10.9. The van der Waals surface area contributed by atoms with Crippen LogP contribution >= 0.6 is 11.6 Å². The van der Waals surface area contributed by atoms with E-state index in [0.717, 1.165) is 0 Å². The van der Waals surface area contributed by atoms with Crippen LogP contribution in [0.5, 0.6) is 11.5 Å². The molecule has 3 rings (SSSR count). The van der Waals surface area contributed by atoms with Gasteiger partial charge in [-0.2, -0.15) is 0 Å². The number of halogens is 1. The number of anilines is 2. The van der Waals surface area contributed by atoms with Gasteiger partial charge in [0.15, 0.2) is 6.61 Å². The Kier molecular flexibility index (Phi) is 7.04. The number of benzene rings is 3. The number of carbonyl (C=O) groups excluding carboxylic acids is 1. The van der Waals surface area contributed by atoms with Crippen LogP contribution in [-0.2, 0) is 14.8 Å². The molecule has 0 aliphatic rings. The Balaban J connectivity index is 1.74. The number of amides is 1. The second kappa shape index (κ2) is 9.72. The minimum absolute atomic E-state index is 0.0342. The van der Waals surface area contributed by atoms with Gasteiger partial charge in [-0.15, -0.1) is 0 Å². The van der Waals surface area contributed by atoms with E-state index in [1.54, 1.807) is 67.6 Å². The first-order valence-electron chi connectivity index (χ1n) is 9.23. The van der Waals surface area contributed by atoms with Crippen molar-refractivity contribution in [2.45, 2.75) is 11.8 Å². The summed E-state index contributed by atoms with van der Waals surface area (Å²) in [5, 5.41) is 3.13. The third-order valence-electron chi connectivity index (χ3n) is 4.28. The van der Waals surface area contributed by atoms with Gasteiger partial charge >= 0.3 is 0 Å². The van der Waals surface area contributed by atoms with Gasteiger partial charge in [0.2, 0.25) is 0 Å². The van der Waals surface area contributed by atoms with E-state index >= 15 is 0 Å². The molecule has 0 saturated carbocycles. The summed E-state index contributed by atoms with van der Waals surface area (Å²) in [6.45, 7) is 1.42. The molecule has 0 aliphatic carbocycles. The lowest BCUT2D eigenvalue weighted by molar-refractivity contribution is -0.118. The van der Waals surface area contributed by atoms with Gasteiger partial charge in [0, 0.05) is 10.7 Å². The average Bonchev–Trinajstić information content (AvgIpc) is 2.74. The molecule has 0 atom stereocenters. The van der Waals surface area contributed by atoms with Gasteiger partial charge in [-0.1, -0.05) is 35.9 Å². The van der Waals surface area contributed by atoms with Crippen LogP contribution in [0.4, 0.5) is 11.4 Å². The van der Waals surface area contributed by atoms with Crippen molar-refractivity contribution in [3.05, 3.63) is 77.3 Å². The van der Waals surface area contributed by atoms with Crippen molar-refractivity contribution in [2.24, 2.45) is 0 Å². The fourth-order valence-corrected chi connectivity index (χ4v) is 4.32. The number of sulfonamides is 1. The van der Waals surface area contributed by atoms with E-state index in [9.17, 15) is 13.2 Å². The first kappa shape index (κ1) is 22.5. The number of para-hydroxylation sites is 2. The van der Waals surface area contributed by atoms with Gasteiger partial charge < -0.3 is 14.8 Å². The van der Waals surface area contributed by atoms with Crippen molar-refractivity contribution in [1.82, 2.24) is 0 Å². The summed E-state index contributed by atoms with van der Waals surface area (Å²) in [5.41, 5.74) is 1.16. The van der Waals surface area contributed by atoms with Crippen molar-refractivity contribution in [1.29, 1.82) is 0 Å². The number of nitrogens with one attached hydrogen (secondary N) is 2. The number of methoxy groups -OCH3 is 1. The smallest absolute Gasteiger partial charge is 0.262 e. The highest BCUT2D eigenvalue weighted by atomic mass is 35.5. The molecule has 0 aliphatic heterocycles. The topological polar surface area (TPSA) is 93.7 Å². The summed E-state index contributed by atoms with van der Waals surface area (Å²) in [6.07, 6.45) is 0. The zero-order chi connectivity index (χ0) is 22.4. The molecule has 0 radical (unpaired) electrons. The molecule has 31 heavy (non-hydrogen) atoms. The van der Waals surface area contributed by atoms with Crippen LogP contribution in [0.2, 0.25) is 5.02 Å². The average molecular weight is 461 g/mol. The predicted octanol–water partition coefficient (Wildman–Crippen LogP) is 4.48. The summed E-state index contributed by atoms with van der Waals surface area (Å²) in [6, 6.07) is 18.0. The van der Waals surface area contributed by atoms with Crippen LogP contribution in [0, 0.1) is 6.92 Å². The Morgan fingerprint density at radius 1 is 1.03 bits per heavy atom. The number of rotatable bonds is 8. The maximum absolute atomic E-state index is 13.0. The van der Waals surface area contributed by atoms with Gasteiger partial charge in [0.25, 0.3) is 15.9 Å². The molecule has 2 N–H and O–H groups in total. The fourth-order valence-electron chi connectivity index (χ4n) is 2.80. The van der Waals surface area contributed by atoms with Crippen LogP contribution in [0.15, 0.2) is 71.6 Å². The lowest BCUT2D eigenvalue weighted by atomic mass is 10.2. The van der Waals surface area contributed by atoms with E-state index in [1.165, 1.54) is 13.2 Å². The summed E-state index contributed by atoms with van der Waals surface area (Å²) in [7, 11) is -2.46. The van der Waals surface area contributed by atoms with Gasteiger partial charge in [0.05, 0.1) is 17.7 Å². The first-order chi connectivity index (χ1) is 14.8. The monoisotopic (exact) mass is 460 g/mol. The van der Waals surface area contributed by atoms with Gasteiger partial charge in [0.1, 0.15) is 11.5 Å². The van der Waals surface area contributed by atoms with Crippen molar-refractivity contribution >= 4 is 38.9 Å². The summed E-state index contributed by atoms with van der Waals surface area (Å²) >= 11 is 5.89. The molecule has 3 aromatic rings. The Hall–Kier alpha value is -3.23. The lowest BCUT2D eigenvalue weighted by Crippen LogP contribution is -2.21. The highest BCUT2D eigenvalue weighted by molar-refractivity contribution is 7.92. The molecule has 0 bridgehead atoms. The molecule has 1 amide bonds. The van der Waals surface area contributed by atoms with Crippen molar-refractivity contribution in [2.75, 3.05) is 23.8 Å². The lowest BCUT2D eigenvalue weighted by Gasteiger charge is -2.14. The second-order valence-electron chi connectivity index (χ2n) is 6.58. The minimum atomic E-state index is -3.92. The van der Waals surface area contributed by atoms with E-state index in [1.807, 2.05) is 0 Å². The zero-order valence-corrected chi connectivity index (χ0v) is 18.5. The number of ether oxygens (including phenoxy) is 2. The van der Waals surface area contributed by atoms with E-state index in [-0.39, 0.29) is 11.5 Å². The fraction of sp³-hybridized carbons (Fsp3) is 0.136. The van der Waals surface area contributed by atoms with E-state index < -0.39 is 15.9 Å². The molecule has 0 heterocycles. The number of aryl methyl sites for hydroxylation is 1. The highest BCUT2D eigenvalue weighted by Crippen LogP contribution is 2.28. The molecular formula is C22H21ClN2O5S. The first-order valence-corrected chi connectivity index (χ1v) is 11.1. The maximum atomic E-state index is 13.0. The molecule has 162 valence electrons. The maximum Gasteiger partial charge on any atom is 0.262 e. The van der Waals surface area contributed by atoms with E-state index in [4.69, 9.17) is 21.1 Å². The quantitative estimate of drug-likeness (QED) is 0.517. The molecule has 0 spiro atoms. The van der Waals surface area contributed by atoms with E-state index in [0.29, 0.717) is 33.5 Å². The Labute approximate surface area is 186 Å². The minimum Gasteiger partial charge on any atom is -0.495 e. The summed E-state index contributed by atoms with van der Waals surface area (Å²) < 4.78 is 39.0.